The summed E-state index contributed by atoms with van der Waals surface area (Å²) in [6.07, 6.45) is 1.74. The lowest BCUT2D eigenvalue weighted by Crippen LogP contribution is -2.12. The van der Waals surface area contributed by atoms with Crippen molar-refractivity contribution < 1.29 is 0 Å². The summed E-state index contributed by atoms with van der Waals surface area (Å²) < 4.78 is 3.38. The number of fused-ring (bicyclic) bond motifs is 1. The average molecular weight is 369 g/mol. The molecule has 5 nitrogen and oxygen atoms in total. The Kier molecular flexibility index (Phi) is 4.97. The van der Waals surface area contributed by atoms with Crippen LogP contribution in [0.3, 0.4) is 0 Å². The van der Waals surface area contributed by atoms with Gasteiger partial charge < -0.3 is 0 Å². The molecule has 0 bridgehead atoms. The molecular formula is C13H12N4OS4. The third-order valence-corrected chi connectivity index (χ3v) is 6.74. The van der Waals surface area contributed by atoms with Gasteiger partial charge >= 0.3 is 0 Å². The van der Waals surface area contributed by atoms with E-state index in [0.29, 0.717) is 5.75 Å². The number of thiazole rings is 1. The Hall–Kier alpha value is -1.16. The van der Waals surface area contributed by atoms with Crippen LogP contribution in [-0.4, -0.2) is 25.3 Å². The van der Waals surface area contributed by atoms with Crippen molar-refractivity contribution in [1.82, 2.24) is 19.6 Å². The summed E-state index contributed by atoms with van der Waals surface area (Å²) >= 11 is 6.21. The van der Waals surface area contributed by atoms with Crippen molar-refractivity contribution in [2.45, 2.75) is 21.4 Å². The van der Waals surface area contributed by atoms with Gasteiger partial charge in [-0.2, -0.15) is 0 Å². The van der Waals surface area contributed by atoms with Crippen LogP contribution in [0.5, 0.6) is 0 Å². The monoisotopic (exact) mass is 368 g/mol. The Morgan fingerprint density at radius 1 is 1.36 bits per heavy atom. The second-order valence-electron chi connectivity index (χ2n) is 4.51. The molecule has 0 spiro atoms. The minimum absolute atomic E-state index is 0.0446. The molecule has 3 aromatic heterocycles. The maximum Gasteiger partial charge on any atom is 0.258 e. The summed E-state index contributed by atoms with van der Waals surface area (Å²) in [5.41, 5.74) is 1.84. The number of hydrogen-bond acceptors (Lipinski definition) is 8. The normalized spacial score (nSPS) is 11.1. The van der Waals surface area contributed by atoms with Crippen LogP contribution in [0.2, 0.25) is 0 Å². The lowest BCUT2D eigenvalue weighted by atomic mass is 10.4. The molecule has 114 valence electrons. The van der Waals surface area contributed by atoms with Crippen LogP contribution in [0.1, 0.15) is 12.6 Å². The lowest BCUT2D eigenvalue weighted by Gasteiger charge is -1.98. The first-order valence-corrected chi connectivity index (χ1v) is 9.98. The Balaban J connectivity index is 1.66. The third-order valence-electron chi connectivity index (χ3n) is 2.53. The van der Waals surface area contributed by atoms with E-state index >= 15 is 0 Å². The van der Waals surface area contributed by atoms with Gasteiger partial charge in [0.25, 0.3) is 5.56 Å². The first-order valence-electron chi connectivity index (χ1n) is 6.31. The summed E-state index contributed by atoms with van der Waals surface area (Å²) in [5, 5.41) is 10.2. The largest absolute Gasteiger partial charge is 0.269 e. The highest BCUT2D eigenvalue weighted by Crippen LogP contribution is 2.30. The van der Waals surface area contributed by atoms with E-state index < -0.39 is 0 Å². The van der Waals surface area contributed by atoms with Crippen molar-refractivity contribution in [3.05, 3.63) is 45.8 Å². The Bertz CT molecular complexity index is 866. The number of hydrogen-bond donors (Lipinski definition) is 0. The SMILES string of the molecule is C=C(C)CSc1nnc(SCc2cc(=O)n3ccsc3n2)s1. The molecule has 3 aromatic rings. The van der Waals surface area contributed by atoms with E-state index in [1.165, 1.54) is 11.3 Å². The van der Waals surface area contributed by atoms with E-state index in [-0.39, 0.29) is 5.56 Å². The summed E-state index contributed by atoms with van der Waals surface area (Å²) in [4.78, 5) is 17.1. The van der Waals surface area contributed by atoms with Gasteiger partial charge in [-0.15, -0.1) is 21.5 Å². The molecule has 3 heterocycles. The molecule has 22 heavy (non-hydrogen) atoms. The van der Waals surface area contributed by atoms with Gasteiger partial charge in [0.15, 0.2) is 13.6 Å². The Morgan fingerprint density at radius 2 is 2.14 bits per heavy atom. The molecule has 0 aliphatic heterocycles. The van der Waals surface area contributed by atoms with Crippen molar-refractivity contribution >= 4 is 51.2 Å². The molecule has 0 saturated carbocycles. The zero-order chi connectivity index (χ0) is 15.5. The maximum atomic E-state index is 11.9. The van der Waals surface area contributed by atoms with Crippen LogP contribution in [-0.2, 0) is 5.75 Å². The van der Waals surface area contributed by atoms with Gasteiger partial charge in [0, 0.05) is 29.1 Å². The van der Waals surface area contributed by atoms with Crippen LogP contribution in [0, 0.1) is 0 Å². The predicted octanol–water partition coefficient (Wildman–Crippen LogP) is 3.57. The molecule has 0 fully saturated rings. The smallest absolute Gasteiger partial charge is 0.258 e. The van der Waals surface area contributed by atoms with E-state index in [9.17, 15) is 4.79 Å². The summed E-state index contributed by atoms with van der Waals surface area (Å²) in [6, 6.07) is 1.57. The highest BCUT2D eigenvalue weighted by atomic mass is 32.2. The molecule has 0 amide bonds. The maximum absolute atomic E-state index is 11.9. The highest BCUT2D eigenvalue weighted by molar-refractivity contribution is 8.03. The van der Waals surface area contributed by atoms with Crippen LogP contribution in [0.15, 0.2) is 43.3 Å². The molecular weight excluding hydrogens is 356 g/mol. The molecule has 0 unspecified atom stereocenters. The van der Waals surface area contributed by atoms with Crippen molar-refractivity contribution in [1.29, 1.82) is 0 Å². The molecule has 0 aliphatic carbocycles. The zero-order valence-electron chi connectivity index (χ0n) is 11.7. The van der Waals surface area contributed by atoms with Gasteiger partial charge in [-0.25, -0.2) is 4.98 Å². The molecule has 0 aliphatic rings. The van der Waals surface area contributed by atoms with Crippen LogP contribution in [0.4, 0.5) is 0 Å². The predicted molar refractivity (Wildman–Crippen MR) is 94.3 cm³/mol. The van der Waals surface area contributed by atoms with Gasteiger partial charge in [-0.05, 0) is 6.92 Å². The van der Waals surface area contributed by atoms with Crippen LogP contribution in [0.25, 0.3) is 4.96 Å². The van der Waals surface area contributed by atoms with Gasteiger partial charge in [0.05, 0.1) is 5.69 Å². The third kappa shape index (κ3) is 3.78. The fourth-order valence-corrected chi connectivity index (χ4v) is 5.09. The summed E-state index contributed by atoms with van der Waals surface area (Å²) in [5.74, 6) is 1.47. The molecule has 3 rings (SSSR count). The summed E-state index contributed by atoms with van der Waals surface area (Å²) in [6.45, 7) is 5.87. The fraction of sp³-hybridized carbons (Fsp3) is 0.231. The van der Waals surface area contributed by atoms with Crippen molar-refractivity contribution in [3.63, 3.8) is 0 Å². The molecule has 0 aromatic carbocycles. The number of thioether (sulfide) groups is 2. The molecule has 0 saturated heterocycles. The highest BCUT2D eigenvalue weighted by Gasteiger charge is 2.08. The second kappa shape index (κ2) is 6.95. The minimum atomic E-state index is -0.0446. The topological polar surface area (TPSA) is 60.2 Å². The number of rotatable bonds is 6. The van der Waals surface area contributed by atoms with E-state index in [4.69, 9.17) is 0 Å². The van der Waals surface area contributed by atoms with Crippen LogP contribution < -0.4 is 5.56 Å². The Labute approximate surface area is 143 Å². The zero-order valence-corrected chi connectivity index (χ0v) is 14.9. The van der Waals surface area contributed by atoms with Crippen molar-refractivity contribution in [2.24, 2.45) is 0 Å². The van der Waals surface area contributed by atoms with E-state index in [2.05, 4.69) is 21.8 Å². The van der Waals surface area contributed by atoms with Crippen molar-refractivity contribution in [3.8, 4) is 0 Å². The lowest BCUT2D eigenvalue weighted by molar-refractivity contribution is 0.953. The molecule has 0 N–H and O–H groups in total. The first-order chi connectivity index (χ1) is 10.6. The van der Waals surface area contributed by atoms with Crippen LogP contribution >= 0.6 is 46.2 Å². The van der Waals surface area contributed by atoms with Crippen molar-refractivity contribution in [2.75, 3.05) is 5.75 Å². The van der Waals surface area contributed by atoms with E-state index in [1.54, 1.807) is 51.5 Å². The number of aromatic nitrogens is 4. The Morgan fingerprint density at radius 3 is 2.91 bits per heavy atom. The minimum Gasteiger partial charge on any atom is -0.269 e. The van der Waals surface area contributed by atoms with E-state index in [1.807, 2.05) is 12.3 Å². The number of nitrogens with zero attached hydrogens (tertiary/aromatic N) is 4. The standard InChI is InChI=1S/C13H12N4OS4/c1-8(2)6-20-12-15-16-13(22-12)21-7-9-5-10(18)17-3-4-19-11(17)14-9/h3-5H,1,6-7H2,2H3. The van der Waals surface area contributed by atoms with Gasteiger partial charge in [0.1, 0.15) is 0 Å². The quantitative estimate of drug-likeness (QED) is 0.490. The molecule has 0 atom stereocenters. The van der Waals surface area contributed by atoms with E-state index in [0.717, 1.165) is 30.7 Å². The summed E-state index contributed by atoms with van der Waals surface area (Å²) in [7, 11) is 0. The average Bonchev–Trinajstić information content (AvgIpc) is 3.12. The molecule has 9 heteroatoms. The van der Waals surface area contributed by atoms with Gasteiger partial charge in [0.2, 0.25) is 0 Å². The second-order valence-corrected chi connectivity index (χ2v) is 8.81. The van der Waals surface area contributed by atoms with Gasteiger partial charge in [-0.1, -0.05) is 47.0 Å². The first kappa shape index (κ1) is 15.7. The molecule has 0 radical (unpaired) electrons. The van der Waals surface area contributed by atoms with Gasteiger partial charge in [-0.3, -0.25) is 9.20 Å². The fourth-order valence-electron chi connectivity index (χ4n) is 1.60.